The van der Waals surface area contributed by atoms with Crippen LogP contribution in [0.4, 0.5) is 0 Å². The van der Waals surface area contributed by atoms with Gasteiger partial charge in [-0.2, -0.15) is 4.31 Å². The number of hydrogen-bond acceptors (Lipinski definition) is 4. The summed E-state index contributed by atoms with van der Waals surface area (Å²) in [4.78, 5) is 18.1. The van der Waals surface area contributed by atoms with E-state index in [0.717, 1.165) is 0 Å². The number of piperazine rings is 1. The van der Waals surface area contributed by atoms with Gasteiger partial charge in [0, 0.05) is 38.5 Å². The third kappa shape index (κ3) is 3.45. The monoisotopic (exact) mass is 368 g/mol. The Labute approximate surface area is 145 Å². The molecule has 1 aliphatic heterocycles. The molecule has 0 bridgehead atoms. The normalized spacial score (nSPS) is 17.0. The van der Waals surface area contributed by atoms with Crippen molar-refractivity contribution in [1.82, 2.24) is 18.6 Å². The predicted octanol–water partition coefficient (Wildman–Crippen LogP) is 1.10. The number of nitrogens with zero attached hydrogens (tertiary/aromatic N) is 4. The van der Waals surface area contributed by atoms with Gasteiger partial charge in [-0.25, -0.2) is 13.4 Å². The molecule has 3 heterocycles. The molecule has 7 nitrogen and oxygen atoms in total. The molecule has 24 heavy (non-hydrogen) atoms. The maximum Gasteiger partial charge on any atom is 0.246 e. The maximum absolute atomic E-state index is 12.3. The van der Waals surface area contributed by atoms with Crippen LogP contribution in [0.3, 0.4) is 0 Å². The van der Waals surface area contributed by atoms with Crippen LogP contribution in [-0.4, -0.2) is 65.3 Å². The van der Waals surface area contributed by atoms with Gasteiger partial charge in [-0.05, 0) is 18.2 Å². The number of hydrogen-bond donors (Lipinski definition) is 0. The van der Waals surface area contributed by atoms with Gasteiger partial charge in [-0.15, -0.1) is 0 Å². The second kappa shape index (κ2) is 6.54. The van der Waals surface area contributed by atoms with Crippen molar-refractivity contribution in [1.29, 1.82) is 0 Å². The third-order valence-electron chi connectivity index (χ3n) is 3.93. The second-order valence-corrected chi connectivity index (χ2v) is 7.88. The molecule has 0 spiro atoms. The fourth-order valence-corrected chi connectivity index (χ4v) is 3.70. The summed E-state index contributed by atoms with van der Waals surface area (Å²) in [5.41, 5.74) is 1.34. The highest BCUT2D eigenvalue weighted by molar-refractivity contribution is 7.88. The van der Waals surface area contributed by atoms with E-state index in [9.17, 15) is 13.2 Å². The lowest BCUT2D eigenvalue weighted by molar-refractivity contribution is -0.127. The van der Waals surface area contributed by atoms with Crippen molar-refractivity contribution in [2.45, 2.75) is 0 Å². The summed E-state index contributed by atoms with van der Waals surface area (Å²) in [6, 6.07) is 5.54. The molecule has 1 aliphatic rings. The molecule has 3 rings (SSSR count). The molecule has 0 aliphatic carbocycles. The van der Waals surface area contributed by atoms with E-state index >= 15 is 0 Å². The fraction of sp³-hybridized carbons (Fsp3) is 0.333. The molecular formula is C15H17ClN4O3S. The first-order valence-electron chi connectivity index (χ1n) is 7.41. The number of carbonyl (C=O) groups is 1. The van der Waals surface area contributed by atoms with E-state index in [0.29, 0.717) is 42.7 Å². The van der Waals surface area contributed by atoms with Crippen molar-refractivity contribution >= 4 is 39.3 Å². The molecule has 0 radical (unpaired) electrons. The number of pyridine rings is 1. The lowest BCUT2D eigenvalue weighted by atomic mass is 10.3. The zero-order valence-corrected chi connectivity index (χ0v) is 14.7. The van der Waals surface area contributed by atoms with Crippen LogP contribution in [0, 0.1) is 0 Å². The zero-order valence-electron chi connectivity index (χ0n) is 13.1. The van der Waals surface area contributed by atoms with Crippen molar-refractivity contribution < 1.29 is 13.2 Å². The first-order chi connectivity index (χ1) is 11.4. The molecule has 2 aromatic heterocycles. The Kier molecular flexibility index (Phi) is 4.62. The molecule has 2 aromatic rings. The molecule has 128 valence electrons. The summed E-state index contributed by atoms with van der Waals surface area (Å²) < 4.78 is 26.2. The molecule has 0 N–H and O–H groups in total. The first-order valence-corrected chi connectivity index (χ1v) is 9.63. The smallest absolute Gasteiger partial charge is 0.246 e. The molecule has 0 saturated carbocycles. The molecule has 0 atom stereocenters. The SMILES string of the molecule is CS(=O)(=O)N1CCN(C(=O)/C=C/c2c(Cl)nc3ccccn23)CC1. The topological polar surface area (TPSA) is 75.0 Å². The van der Waals surface area contributed by atoms with E-state index in [1.54, 1.807) is 15.4 Å². The Balaban J connectivity index is 1.71. The first kappa shape index (κ1) is 16.9. The van der Waals surface area contributed by atoms with Gasteiger partial charge in [0.25, 0.3) is 0 Å². The van der Waals surface area contributed by atoms with E-state index in [2.05, 4.69) is 4.98 Å². The standard InChI is InChI=1S/C15H17ClN4O3S/c1-24(22,23)19-10-8-18(9-11-19)14(21)6-5-12-15(16)17-13-4-2-3-7-20(12)13/h2-7H,8-11H2,1H3/b6-5+. The average molecular weight is 369 g/mol. The highest BCUT2D eigenvalue weighted by atomic mass is 35.5. The number of aromatic nitrogens is 2. The number of rotatable bonds is 3. The number of amides is 1. The lowest BCUT2D eigenvalue weighted by Crippen LogP contribution is -2.49. The predicted molar refractivity (Wildman–Crippen MR) is 92.2 cm³/mol. The zero-order chi connectivity index (χ0) is 17.3. The van der Waals surface area contributed by atoms with Crippen molar-refractivity contribution in [3.05, 3.63) is 41.3 Å². The minimum Gasteiger partial charge on any atom is -0.337 e. The molecule has 0 unspecified atom stereocenters. The number of imidazole rings is 1. The van der Waals surface area contributed by atoms with Crippen LogP contribution in [0.25, 0.3) is 11.7 Å². The van der Waals surface area contributed by atoms with Gasteiger partial charge >= 0.3 is 0 Å². The van der Waals surface area contributed by atoms with Crippen LogP contribution in [0.2, 0.25) is 5.15 Å². The minimum absolute atomic E-state index is 0.176. The molecule has 0 aromatic carbocycles. The van der Waals surface area contributed by atoms with Gasteiger partial charge < -0.3 is 4.90 Å². The maximum atomic E-state index is 12.3. The summed E-state index contributed by atoms with van der Waals surface area (Å²) >= 11 is 6.12. The summed E-state index contributed by atoms with van der Waals surface area (Å²) in [6.07, 6.45) is 6.08. The van der Waals surface area contributed by atoms with Crippen LogP contribution in [-0.2, 0) is 14.8 Å². The average Bonchev–Trinajstić information content (AvgIpc) is 2.87. The van der Waals surface area contributed by atoms with Gasteiger partial charge in [-0.1, -0.05) is 17.7 Å². The Morgan fingerprint density at radius 2 is 1.96 bits per heavy atom. The Morgan fingerprint density at radius 1 is 1.25 bits per heavy atom. The molecule has 1 amide bonds. The van der Waals surface area contributed by atoms with Crippen LogP contribution < -0.4 is 0 Å². The van der Waals surface area contributed by atoms with E-state index in [1.807, 2.05) is 24.4 Å². The fourth-order valence-electron chi connectivity index (χ4n) is 2.63. The third-order valence-corrected chi connectivity index (χ3v) is 5.51. The van der Waals surface area contributed by atoms with Crippen molar-refractivity contribution in [2.75, 3.05) is 32.4 Å². The molecule has 1 fully saturated rings. The van der Waals surface area contributed by atoms with Crippen molar-refractivity contribution in [3.8, 4) is 0 Å². The quantitative estimate of drug-likeness (QED) is 0.760. The summed E-state index contributed by atoms with van der Waals surface area (Å²) in [5, 5.41) is 0.326. The highest BCUT2D eigenvalue weighted by Crippen LogP contribution is 2.19. The van der Waals surface area contributed by atoms with Gasteiger partial charge in [0.15, 0.2) is 5.15 Å². The van der Waals surface area contributed by atoms with Gasteiger partial charge in [0.1, 0.15) is 5.65 Å². The van der Waals surface area contributed by atoms with Gasteiger partial charge in [-0.3, -0.25) is 9.20 Å². The Bertz CT molecular complexity index is 899. The van der Waals surface area contributed by atoms with Crippen LogP contribution in [0.15, 0.2) is 30.5 Å². The minimum atomic E-state index is -3.20. The van der Waals surface area contributed by atoms with E-state index in [1.165, 1.54) is 16.6 Å². The van der Waals surface area contributed by atoms with Crippen LogP contribution in [0.5, 0.6) is 0 Å². The molecule has 9 heteroatoms. The Morgan fingerprint density at radius 3 is 2.62 bits per heavy atom. The lowest BCUT2D eigenvalue weighted by Gasteiger charge is -2.32. The highest BCUT2D eigenvalue weighted by Gasteiger charge is 2.25. The van der Waals surface area contributed by atoms with Gasteiger partial charge in [0.2, 0.25) is 15.9 Å². The number of sulfonamides is 1. The largest absolute Gasteiger partial charge is 0.337 e. The summed E-state index contributed by atoms with van der Waals surface area (Å²) in [6.45, 7) is 1.37. The van der Waals surface area contributed by atoms with Crippen LogP contribution >= 0.6 is 11.6 Å². The van der Waals surface area contributed by atoms with E-state index in [4.69, 9.17) is 11.6 Å². The second-order valence-electron chi connectivity index (χ2n) is 5.54. The van der Waals surface area contributed by atoms with Crippen molar-refractivity contribution in [2.24, 2.45) is 0 Å². The van der Waals surface area contributed by atoms with Crippen LogP contribution in [0.1, 0.15) is 5.69 Å². The van der Waals surface area contributed by atoms with E-state index < -0.39 is 10.0 Å². The van der Waals surface area contributed by atoms with E-state index in [-0.39, 0.29) is 5.91 Å². The van der Waals surface area contributed by atoms with Crippen molar-refractivity contribution in [3.63, 3.8) is 0 Å². The molecule has 1 saturated heterocycles. The number of halogens is 1. The summed E-state index contributed by atoms with van der Waals surface area (Å²) in [7, 11) is -3.20. The Hall–Kier alpha value is -1.90. The van der Waals surface area contributed by atoms with Gasteiger partial charge in [0.05, 0.1) is 11.9 Å². The number of carbonyl (C=O) groups excluding carboxylic acids is 1. The summed E-state index contributed by atoms with van der Waals surface area (Å²) in [5.74, 6) is -0.176. The number of fused-ring (bicyclic) bond motifs is 1. The molecular weight excluding hydrogens is 352 g/mol.